The molecule has 2 aromatic carbocycles. The first kappa shape index (κ1) is 18.3. The Kier molecular flexibility index (Phi) is 4.35. The summed E-state index contributed by atoms with van der Waals surface area (Å²) in [4.78, 5) is 13.3. The molecule has 0 spiro atoms. The summed E-state index contributed by atoms with van der Waals surface area (Å²) in [6.45, 7) is 0.732. The average Bonchev–Trinajstić information content (AvgIpc) is 3.50. The van der Waals surface area contributed by atoms with E-state index in [1.807, 2.05) is 53.3 Å². The lowest BCUT2D eigenvalue weighted by Crippen LogP contribution is -2.01. The Morgan fingerprint density at radius 2 is 1.81 bits per heavy atom. The van der Waals surface area contributed by atoms with Gasteiger partial charge in [0, 0.05) is 16.5 Å². The predicted octanol–water partition coefficient (Wildman–Crippen LogP) is 5.43. The van der Waals surface area contributed by atoms with Gasteiger partial charge in [-0.15, -0.1) is 0 Å². The van der Waals surface area contributed by atoms with Crippen LogP contribution in [0.5, 0.6) is 0 Å². The van der Waals surface area contributed by atoms with Crippen molar-refractivity contribution in [3.63, 3.8) is 0 Å². The molecule has 0 aliphatic carbocycles. The summed E-state index contributed by atoms with van der Waals surface area (Å²) in [7, 11) is 0. The van der Waals surface area contributed by atoms with Crippen LogP contribution in [-0.2, 0) is 6.54 Å². The number of rotatable bonds is 5. The molecule has 4 heterocycles. The Labute approximate surface area is 183 Å². The van der Waals surface area contributed by atoms with Gasteiger partial charge in [0.1, 0.15) is 17.8 Å². The van der Waals surface area contributed by atoms with Gasteiger partial charge in [-0.25, -0.2) is 9.97 Å². The minimum Gasteiger partial charge on any atom is -0.463 e. The highest BCUT2D eigenvalue weighted by molar-refractivity contribution is 5.93. The molecule has 7 nitrogen and oxygen atoms in total. The van der Waals surface area contributed by atoms with E-state index in [2.05, 4.69) is 49.6 Å². The van der Waals surface area contributed by atoms with Crippen molar-refractivity contribution in [2.45, 2.75) is 6.54 Å². The molecule has 0 amide bonds. The molecule has 0 aliphatic rings. The smallest absolute Gasteiger partial charge is 0.152 e. The zero-order chi connectivity index (χ0) is 21.3. The molecule has 154 valence electrons. The molecule has 0 saturated heterocycles. The van der Waals surface area contributed by atoms with Crippen LogP contribution in [0.2, 0.25) is 0 Å². The summed E-state index contributed by atoms with van der Waals surface area (Å²) < 4.78 is 7.50. The average molecular weight is 418 g/mol. The molecular formula is C25H18N6O. The van der Waals surface area contributed by atoms with Gasteiger partial charge in [0.2, 0.25) is 0 Å². The van der Waals surface area contributed by atoms with Gasteiger partial charge in [-0.05, 0) is 42.0 Å². The maximum Gasteiger partial charge on any atom is 0.152 e. The second kappa shape index (κ2) is 7.63. The van der Waals surface area contributed by atoms with Crippen molar-refractivity contribution in [3.05, 3.63) is 97.3 Å². The van der Waals surface area contributed by atoms with Gasteiger partial charge in [0.25, 0.3) is 0 Å². The fourth-order valence-electron chi connectivity index (χ4n) is 3.80. The summed E-state index contributed by atoms with van der Waals surface area (Å²) in [6.07, 6.45) is 6.79. The highest BCUT2D eigenvalue weighted by Crippen LogP contribution is 2.28. The van der Waals surface area contributed by atoms with Crippen molar-refractivity contribution in [2.24, 2.45) is 0 Å². The largest absolute Gasteiger partial charge is 0.463 e. The number of anilines is 2. The molecular weight excluding hydrogens is 400 g/mol. The molecule has 6 aromatic rings. The molecule has 7 heteroatoms. The lowest BCUT2D eigenvalue weighted by atomic mass is 10.2. The van der Waals surface area contributed by atoms with E-state index in [-0.39, 0.29) is 0 Å². The minimum atomic E-state index is 0.703. The molecule has 0 bridgehead atoms. The van der Waals surface area contributed by atoms with Gasteiger partial charge in [-0.3, -0.25) is 9.67 Å². The summed E-state index contributed by atoms with van der Waals surface area (Å²) in [5.41, 5.74) is 4.71. The third kappa shape index (κ3) is 3.35. The van der Waals surface area contributed by atoms with Gasteiger partial charge >= 0.3 is 0 Å². The first-order chi connectivity index (χ1) is 15.8. The number of nitrogens with one attached hydrogen (secondary N) is 1. The third-order valence-corrected chi connectivity index (χ3v) is 5.38. The number of benzene rings is 2. The SMILES string of the molecule is c1ccc(Cn2ncc3cc(Nc4ncnc5cnc(-c6ccco6)cc45)ccc32)cc1. The van der Waals surface area contributed by atoms with Gasteiger partial charge in [-0.2, -0.15) is 5.10 Å². The van der Waals surface area contributed by atoms with Gasteiger partial charge in [-0.1, -0.05) is 30.3 Å². The minimum absolute atomic E-state index is 0.703. The number of furan rings is 1. The van der Waals surface area contributed by atoms with Crippen LogP contribution >= 0.6 is 0 Å². The Bertz CT molecular complexity index is 1520. The molecule has 0 radical (unpaired) electrons. The van der Waals surface area contributed by atoms with Crippen LogP contribution in [0, 0.1) is 0 Å². The molecule has 0 aliphatic heterocycles. The van der Waals surface area contributed by atoms with Gasteiger partial charge in [0.05, 0.1) is 36.2 Å². The Hall–Kier alpha value is -4.52. The van der Waals surface area contributed by atoms with Crippen LogP contribution in [0.1, 0.15) is 5.56 Å². The molecule has 4 aromatic heterocycles. The Morgan fingerprint density at radius 3 is 2.69 bits per heavy atom. The maximum absolute atomic E-state index is 5.49. The van der Waals surface area contributed by atoms with E-state index in [1.54, 1.807) is 12.5 Å². The first-order valence-corrected chi connectivity index (χ1v) is 10.2. The highest BCUT2D eigenvalue weighted by Gasteiger charge is 2.10. The summed E-state index contributed by atoms with van der Waals surface area (Å²) >= 11 is 0. The van der Waals surface area contributed by atoms with Gasteiger partial charge in [0.15, 0.2) is 5.76 Å². The molecule has 0 unspecified atom stereocenters. The van der Waals surface area contributed by atoms with E-state index >= 15 is 0 Å². The van der Waals surface area contributed by atoms with Gasteiger partial charge < -0.3 is 9.73 Å². The second-order valence-electron chi connectivity index (χ2n) is 7.47. The number of hydrogen-bond donors (Lipinski definition) is 1. The van der Waals surface area contributed by atoms with Crippen LogP contribution in [0.25, 0.3) is 33.3 Å². The van der Waals surface area contributed by atoms with Crippen LogP contribution < -0.4 is 5.32 Å². The second-order valence-corrected chi connectivity index (χ2v) is 7.47. The van der Waals surface area contributed by atoms with Crippen LogP contribution in [0.3, 0.4) is 0 Å². The third-order valence-electron chi connectivity index (χ3n) is 5.38. The van der Waals surface area contributed by atoms with Crippen molar-refractivity contribution in [3.8, 4) is 11.5 Å². The van der Waals surface area contributed by atoms with Crippen molar-refractivity contribution < 1.29 is 4.42 Å². The van der Waals surface area contributed by atoms with E-state index in [4.69, 9.17) is 4.42 Å². The number of fused-ring (bicyclic) bond motifs is 2. The molecule has 0 saturated carbocycles. The van der Waals surface area contributed by atoms with E-state index in [9.17, 15) is 0 Å². The Balaban J connectivity index is 1.33. The zero-order valence-electron chi connectivity index (χ0n) is 17.0. The topological polar surface area (TPSA) is 81.7 Å². The molecule has 6 rings (SSSR count). The van der Waals surface area contributed by atoms with E-state index in [1.165, 1.54) is 11.9 Å². The number of hydrogen-bond acceptors (Lipinski definition) is 6. The first-order valence-electron chi connectivity index (χ1n) is 10.2. The normalized spacial score (nSPS) is 11.2. The van der Waals surface area contributed by atoms with E-state index in [0.717, 1.165) is 39.7 Å². The maximum atomic E-state index is 5.49. The molecule has 0 atom stereocenters. The molecule has 32 heavy (non-hydrogen) atoms. The molecule has 0 fully saturated rings. The van der Waals surface area contributed by atoms with Crippen LogP contribution in [0.15, 0.2) is 96.1 Å². The predicted molar refractivity (Wildman–Crippen MR) is 124 cm³/mol. The number of pyridine rings is 1. The van der Waals surface area contributed by atoms with Crippen LogP contribution in [-0.4, -0.2) is 24.7 Å². The quantitative estimate of drug-likeness (QED) is 0.402. The van der Waals surface area contributed by atoms with Crippen molar-refractivity contribution >= 4 is 33.3 Å². The zero-order valence-corrected chi connectivity index (χ0v) is 17.0. The lowest BCUT2D eigenvalue weighted by Gasteiger charge is -2.09. The summed E-state index contributed by atoms with van der Waals surface area (Å²) in [5, 5.41) is 9.92. The van der Waals surface area contributed by atoms with Crippen molar-refractivity contribution in [1.82, 2.24) is 24.7 Å². The Morgan fingerprint density at radius 1 is 0.875 bits per heavy atom. The summed E-state index contributed by atoms with van der Waals surface area (Å²) in [5.74, 6) is 1.41. The fraction of sp³-hybridized carbons (Fsp3) is 0.0400. The number of nitrogens with zero attached hydrogens (tertiary/aromatic N) is 5. The fourth-order valence-corrected chi connectivity index (χ4v) is 3.80. The monoisotopic (exact) mass is 418 g/mol. The molecule has 1 N–H and O–H groups in total. The number of aromatic nitrogens is 5. The summed E-state index contributed by atoms with van der Waals surface area (Å²) in [6, 6.07) is 22.2. The van der Waals surface area contributed by atoms with Crippen molar-refractivity contribution in [2.75, 3.05) is 5.32 Å². The van der Waals surface area contributed by atoms with Crippen LogP contribution in [0.4, 0.5) is 11.5 Å². The van der Waals surface area contributed by atoms with E-state index < -0.39 is 0 Å². The van der Waals surface area contributed by atoms with Crippen molar-refractivity contribution in [1.29, 1.82) is 0 Å². The lowest BCUT2D eigenvalue weighted by molar-refractivity contribution is 0.580. The highest BCUT2D eigenvalue weighted by atomic mass is 16.3. The standard InChI is InChI=1S/C25H18N6O/c1-2-5-17(6-3-1)15-31-23-9-8-19(11-18(23)13-29-31)30-25-20-12-21(24-7-4-10-32-24)26-14-22(20)27-16-28-25/h1-14,16H,15H2,(H,27,28,30). The van der Waals surface area contributed by atoms with E-state index in [0.29, 0.717) is 11.6 Å².